The molecule has 0 unspecified atom stereocenters. The molecule has 2 aromatic carbocycles. The Morgan fingerprint density at radius 2 is 1.40 bits per heavy atom. The van der Waals surface area contributed by atoms with Crippen molar-refractivity contribution in [3.63, 3.8) is 0 Å². The second-order valence-corrected chi connectivity index (χ2v) is 10.1. The molecule has 0 N–H and O–H groups in total. The third kappa shape index (κ3) is 2.80. The maximum atomic E-state index is 11.6. The Balaban J connectivity index is 2.54. The van der Waals surface area contributed by atoms with Crippen LogP contribution < -0.4 is 5.19 Å². The quantitative estimate of drug-likeness (QED) is 0.473. The van der Waals surface area contributed by atoms with E-state index in [1.807, 2.05) is 36.4 Å². The van der Waals surface area contributed by atoms with Crippen molar-refractivity contribution in [2.45, 2.75) is 20.0 Å². The molecule has 20 heavy (non-hydrogen) atoms. The Labute approximate surface area is 122 Å². The predicted molar refractivity (Wildman–Crippen MR) is 88.7 cm³/mol. The lowest BCUT2D eigenvalue weighted by Crippen LogP contribution is -2.43. The number of carbonyl (C=O) groups is 1. The molecule has 0 atom stereocenters. The molecule has 0 saturated carbocycles. The van der Waals surface area contributed by atoms with Crippen LogP contribution in [0.1, 0.15) is 12.5 Å². The average molecular weight is 280 g/mol. The maximum Gasteiger partial charge on any atom is 0.150 e. The summed E-state index contributed by atoms with van der Waals surface area (Å²) in [5.41, 5.74) is 1.85. The summed E-state index contributed by atoms with van der Waals surface area (Å²) >= 11 is 0. The van der Waals surface area contributed by atoms with E-state index in [1.54, 1.807) is 0 Å². The lowest BCUT2D eigenvalue weighted by atomic mass is 10.1. The molecule has 2 heteroatoms. The first kappa shape index (κ1) is 14.5. The van der Waals surface area contributed by atoms with Crippen molar-refractivity contribution in [1.82, 2.24) is 0 Å². The van der Waals surface area contributed by atoms with E-state index in [4.69, 9.17) is 0 Å². The smallest absolute Gasteiger partial charge is 0.150 e. The van der Waals surface area contributed by atoms with Gasteiger partial charge in [0, 0.05) is 5.57 Å². The monoisotopic (exact) mass is 280 g/mol. The predicted octanol–water partition coefficient (Wildman–Crippen LogP) is 3.81. The van der Waals surface area contributed by atoms with Gasteiger partial charge in [-0.05, 0) is 12.5 Å². The van der Waals surface area contributed by atoms with Crippen LogP contribution >= 0.6 is 0 Å². The molecule has 0 amide bonds. The second-order valence-electron chi connectivity index (χ2n) is 5.51. The summed E-state index contributed by atoms with van der Waals surface area (Å²) in [7, 11) is -1.80. The summed E-state index contributed by atoms with van der Waals surface area (Å²) in [4.78, 5) is 11.6. The third-order valence-corrected chi connectivity index (χ3v) is 7.96. The van der Waals surface area contributed by atoms with Crippen LogP contribution in [0.3, 0.4) is 0 Å². The minimum absolute atomic E-state index is 0.839. The molecule has 0 heterocycles. The number of hydrogen-bond donors (Lipinski definition) is 0. The highest BCUT2D eigenvalue weighted by atomic mass is 28.3. The van der Waals surface area contributed by atoms with Crippen molar-refractivity contribution in [3.05, 3.63) is 71.4 Å². The van der Waals surface area contributed by atoms with Crippen molar-refractivity contribution in [2.75, 3.05) is 0 Å². The zero-order valence-electron chi connectivity index (χ0n) is 12.3. The molecule has 2 rings (SSSR count). The molecule has 0 fully saturated rings. The molecule has 0 aromatic heterocycles. The molecule has 0 spiro atoms. The molecule has 1 nitrogen and oxygen atoms in total. The number of hydrogen-bond acceptors (Lipinski definition) is 1. The summed E-state index contributed by atoms with van der Waals surface area (Å²) in [6.45, 7) is 6.70. The highest BCUT2D eigenvalue weighted by Gasteiger charge is 2.28. The topological polar surface area (TPSA) is 17.1 Å². The highest BCUT2D eigenvalue weighted by Crippen LogP contribution is 2.24. The van der Waals surface area contributed by atoms with Crippen LogP contribution in [0.4, 0.5) is 0 Å². The highest BCUT2D eigenvalue weighted by molar-refractivity contribution is 6.96. The summed E-state index contributed by atoms with van der Waals surface area (Å²) in [5, 5.41) is 2.58. The number of rotatable bonds is 4. The minimum Gasteiger partial charge on any atom is -0.298 e. The lowest BCUT2D eigenvalue weighted by molar-refractivity contribution is -0.103. The average Bonchev–Trinajstić information content (AvgIpc) is 2.50. The van der Waals surface area contributed by atoms with Gasteiger partial charge in [-0.15, -0.1) is 0 Å². The van der Waals surface area contributed by atoms with Gasteiger partial charge in [-0.3, -0.25) is 4.79 Å². The normalized spacial score (nSPS) is 12.8. The Morgan fingerprint density at radius 3 is 1.90 bits per heavy atom. The van der Waals surface area contributed by atoms with Gasteiger partial charge in [0.1, 0.15) is 14.4 Å². The minimum atomic E-state index is -1.80. The second kappa shape index (κ2) is 6.01. The summed E-state index contributed by atoms with van der Waals surface area (Å²) in [6.07, 6.45) is 1.00. The van der Waals surface area contributed by atoms with E-state index >= 15 is 0 Å². The molecule has 102 valence electrons. The number of carbonyl (C=O) groups excluding carboxylic acids is 1. The Kier molecular flexibility index (Phi) is 4.35. The maximum absolute atomic E-state index is 11.6. The van der Waals surface area contributed by atoms with Crippen molar-refractivity contribution in [2.24, 2.45) is 0 Å². The number of aldehydes is 1. The lowest BCUT2D eigenvalue weighted by Gasteiger charge is -2.26. The van der Waals surface area contributed by atoms with E-state index in [0.29, 0.717) is 0 Å². The molecule has 0 saturated heterocycles. The third-order valence-electron chi connectivity index (χ3n) is 4.04. The van der Waals surface area contributed by atoms with E-state index < -0.39 is 8.07 Å². The van der Waals surface area contributed by atoms with Crippen LogP contribution in [0.25, 0.3) is 5.57 Å². The van der Waals surface area contributed by atoms with E-state index in [2.05, 4.69) is 44.3 Å². The first-order chi connectivity index (χ1) is 9.57. The molecule has 0 aliphatic carbocycles. The van der Waals surface area contributed by atoms with Gasteiger partial charge in [0.15, 0.2) is 0 Å². The number of allylic oxidation sites excluding steroid dienone is 2. The molecule has 0 bridgehead atoms. The van der Waals surface area contributed by atoms with Crippen LogP contribution in [0.5, 0.6) is 0 Å². The summed E-state index contributed by atoms with van der Waals surface area (Å²) in [5.74, 6) is 0. The van der Waals surface area contributed by atoms with Crippen molar-refractivity contribution >= 4 is 25.1 Å². The van der Waals surface area contributed by atoms with Crippen molar-refractivity contribution in [1.29, 1.82) is 0 Å². The van der Waals surface area contributed by atoms with Crippen molar-refractivity contribution in [3.8, 4) is 0 Å². The van der Waals surface area contributed by atoms with Crippen LogP contribution in [-0.4, -0.2) is 14.4 Å². The first-order valence-corrected chi connectivity index (χ1v) is 9.85. The largest absolute Gasteiger partial charge is 0.298 e. The van der Waals surface area contributed by atoms with Gasteiger partial charge in [0.05, 0.1) is 0 Å². The Hall–Kier alpha value is -1.93. The van der Waals surface area contributed by atoms with Gasteiger partial charge in [0.2, 0.25) is 0 Å². The standard InChI is InChI=1S/C18H20OSi/c1-15(18(14-19)16-10-6-4-7-11-16)20(2,3)17-12-8-5-9-13-17/h4-14H,1-3H3/b18-15+. The molecular weight excluding hydrogens is 260 g/mol. The van der Waals surface area contributed by atoms with E-state index in [1.165, 1.54) is 10.4 Å². The summed E-state index contributed by atoms with van der Waals surface area (Å²) < 4.78 is 0. The Morgan fingerprint density at radius 1 is 0.900 bits per heavy atom. The van der Waals surface area contributed by atoms with Crippen LogP contribution in [0.2, 0.25) is 13.1 Å². The van der Waals surface area contributed by atoms with Gasteiger partial charge in [0.25, 0.3) is 0 Å². The summed E-state index contributed by atoms with van der Waals surface area (Å²) in [6, 6.07) is 20.4. The van der Waals surface area contributed by atoms with E-state index in [0.717, 1.165) is 17.4 Å². The van der Waals surface area contributed by atoms with Crippen LogP contribution in [-0.2, 0) is 4.79 Å². The molecule has 2 aromatic rings. The van der Waals surface area contributed by atoms with Gasteiger partial charge in [-0.1, -0.05) is 84.1 Å². The Bertz CT molecular complexity index is 612. The van der Waals surface area contributed by atoms with E-state index in [9.17, 15) is 4.79 Å². The van der Waals surface area contributed by atoms with Crippen LogP contribution in [0, 0.1) is 0 Å². The molecule has 0 radical (unpaired) electrons. The van der Waals surface area contributed by atoms with Gasteiger partial charge in [-0.2, -0.15) is 0 Å². The SMILES string of the molecule is C/C(=C(/C=O)c1ccccc1)[Si](C)(C)c1ccccc1. The molecule has 0 aliphatic heterocycles. The fraction of sp³-hybridized carbons (Fsp3) is 0.167. The zero-order chi connectivity index (χ0) is 14.6. The van der Waals surface area contributed by atoms with Crippen molar-refractivity contribution < 1.29 is 4.79 Å². The number of benzene rings is 2. The van der Waals surface area contributed by atoms with E-state index in [-0.39, 0.29) is 0 Å². The zero-order valence-corrected chi connectivity index (χ0v) is 13.3. The van der Waals surface area contributed by atoms with Gasteiger partial charge < -0.3 is 0 Å². The fourth-order valence-corrected chi connectivity index (χ4v) is 4.73. The fourth-order valence-electron chi connectivity index (χ4n) is 2.40. The van der Waals surface area contributed by atoms with Gasteiger partial charge in [-0.25, -0.2) is 0 Å². The van der Waals surface area contributed by atoms with Gasteiger partial charge >= 0.3 is 0 Å². The first-order valence-electron chi connectivity index (χ1n) is 6.85. The van der Waals surface area contributed by atoms with Crippen LogP contribution in [0.15, 0.2) is 65.9 Å². The molecular formula is C18H20OSi. The molecule has 0 aliphatic rings.